The lowest BCUT2D eigenvalue weighted by Gasteiger charge is -2.07. The minimum absolute atomic E-state index is 0.160. The topological polar surface area (TPSA) is 92.9 Å². The van der Waals surface area contributed by atoms with Gasteiger partial charge in [-0.15, -0.1) is 0 Å². The molecule has 0 saturated heterocycles. The number of aryl methyl sites for hydroxylation is 1. The predicted octanol–water partition coefficient (Wildman–Crippen LogP) is 1.23. The monoisotopic (exact) mass is 315 g/mol. The van der Waals surface area contributed by atoms with Gasteiger partial charge in [-0.3, -0.25) is 9.59 Å². The smallest absolute Gasteiger partial charge is 0.259 e. The number of hydrogen-bond acceptors (Lipinski definition) is 5. The molecule has 1 aromatic heterocycles. The van der Waals surface area contributed by atoms with Crippen LogP contribution in [0.2, 0.25) is 0 Å². The molecule has 2 rings (SSSR count). The van der Waals surface area contributed by atoms with Crippen molar-refractivity contribution in [3.8, 4) is 5.75 Å². The Kier molecular flexibility index (Phi) is 5.93. The van der Waals surface area contributed by atoms with Gasteiger partial charge in [-0.2, -0.15) is 5.10 Å². The van der Waals surface area contributed by atoms with Crippen molar-refractivity contribution in [1.82, 2.24) is 10.7 Å². The van der Waals surface area contributed by atoms with Gasteiger partial charge in [-0.25, -0.2) is 5.43 Å². The Bertz CT molecular complexity index is 680. The van der Waals surface area contributed by atoms with Gasteiger partial charge >= 0.3 is 0 Å². The standard InChI is InChI=1S/C16H17N3O4/c1-12-4-2-5-13(8-12)23-11-16(21)17-10-15(20)19-18-9-14-6-3-7-22-14/h2-9H,10-11H2,1H3,(H,17,21)(H,19,20)/b18-9-. The van der Waals surface area contributed by atoms with Crippen LogP contribution in [0.4, 0.5) is 0 Å². The van der Waals surface area contributed by atoms with E-state index >= 15 is 0 Å². The minimum Gasteiger partial charge on any atom is -0.484 e. The van der Waals surface area contributed by atoms with Gasteiger partial charge in [0.25, 0.3) is 11.8 Å². The van der Waals surface area contributed by atoms with Gasteiger partial charge in [-0.1, -0.05) is 12.1 Å². The first-order valence-corrected chi connectivity index (χ1v) is 6.95. The largest absolute Gasteiger partial charge is 0.484 e. The van der Waals surface area contributed by atoms with Gasteiger partial charge in [0.2, 0.25) is 0 Å². The zero-order chi connectivity index (χ0) is 16.5. The number of amides is 2. The van der Waals surface area contributed by atoms with E-state index in [2.05, 4.69) is 15.8 Å². The van der Waals surface area contributed by atoms with E-state index in [4.69, 9.17) is 9.15 Å². The maximum Gasteiger partial charge on any atom is 0.259 e. The molecule has 0 spiro atoms. The molecule has 0 aliphatic carbocycles. The van der Waals surface area contributed by atoms with Crippen LogP contribution in [0.5, 0.6) is 5.75 Å². The first-order valence-electron chi connectivity index (χ1n) is 6.95. The zero-order valence-electron chi connectivity index (χ0n) is 12.6. The third-order valence-electron chi connectivity index (χ3n) is 2.73. The highest BCUT2D eigenvalue weighted by Gasteiger charge is 2.06. The van der Waals surface area contributed by atoms with Gasteiger partial charge in [0.15, 0.2) is 6.61 Å². The van der Waals surface area contributed by atoms with Gasteiger partial charge in [0, 0.05) is 0 Å². The van der Waals surface area contributed by atoms with Gasteiger partial charge in [0.05, 0.1) is 19.0 Å². The lowest BCUT2D eigenvalue weighted by molar-refractivity contribution is -0.127. The Morgan fingerprint density at radius 3 is 2.87 bits per heavy atom. The van der Waals surface area contributed by atoms with Crippen LogP contribution in [0, 0.1) is 6.92 Å². The second-order valence-corrected chi connectivity index (χ2v) is 4.69. The molecule has 2 N–H and O–H groups in total. The second kappa shape index (κ2) is 8.38. The first kappa shape index (κ1) is 16.3. The Balaban J connectivity index is 1.64. The summed E-state index contributed by atoms with van der Waals surface area (Å²) in [5, 5.41) is 6.13. The van der Waals surface area contributed by atoms with Crippen molar-refractivity contribution in [2.24, 2.45) is 5.10 Å². The second-order valence-electron chi connectivity index (χ2n) is 4.69. The summed E-state index contributed by atoms with van der Waals surface area (Å²) in [6.45, 7) is 1.58. The highest BCUT2D eigenvalue weighted by molar-refractivity contribution is 5.86. The number of rotatable bonds is 7. The molecule has 2 aromatic rings. The van der Waals surface area contributed by atoms with Crippen LogP contribution < -0.4 is 15.5 Å². The molecule has 0 aliphatic rings. The Morgan fingerprint density at radius 1 is 1.26 bits per heavy atom. The van der Waals surface area contributed by atoms with E-state index in [0.717, 1.165) is 5.56 Å². The first-order chi connectivity index (χ1) is 11.1. The van der Waals surface area contributed by atoms with Crippen molar-refractivity contribution in [3.63, 3.8) is 0 Å². The summed E-state index contributed by atoms with van der Waals surface area (Å²) < 4.78 is 10.3. The molecule has 1 aromatic carbocycles. The molecule has 2 amide bonds. The van der Waals surface area contributed by atoms with Crippen LogP contribution in [0.15, 0.2) is 52.2 Å². The third-order valence-corrected chi connectivity index (χ3v) is 2.73. The number of benzene rings is 1. The predicted molar refractivity (Wildman–Crippen MR) is 84.1 cm³/mol. The highest BCUT2D eigenvalue weighted by Crippen LogP contribution is 2.11. The summed E-state index contributed by atoms with van der Waals surface area (Å²) >= 11 is 0. The summed E-state index contributed by atoms with van der Waals surface area (Å²) in [4.78, 5) is 23.1. The van der Waals surface area contributed by atoms with E-state index in [1.165, 1.54) is 12.5 Å². The van der Waals surface area contributed by atoms with Crippen molar-refractivity contribution in [1.29, 1.82) is 0 Å². The fourth-order valence-electron chi connectivity index (χ4n) is 1.66. The van der Waals surface area contributed by atoms with Gasteiger partial charge in [-0.05, 0) is 36.8 Å². The molecule has 0 atom stereocenters. The summed E-state index contributed by atoms with van der Waals surface area (Å²) in [6.07, 6.45) is 2.86. The minimum atomic E-state index is -0.447. The zero-order valence-corrected chi connectivity index (χ0v) is 12.6. The number of carbonyl (C=O) groups excluding carboxylic acids is 2. The number of ether oxygens (including phenoxy) is 1. The van der Waals surface area contributed by atoms with Crippen molar-refractivity contribution in [2.45, 2.75) is 6.92 Å². The highest BCUT2D eigenvalue weighted by atomic mass is 16.5. The van der Waals surface area contributed by atoms with E-state index in [1.807, 2.05) is 25.1 Å². The molecule has 0 bridgehead atoms. The van der Waals surface area contributed by atoms with E-state index in [1.54, 1.807) is 18.2 Å². The molecule has 0 radical (unpaired) electrons. The third kappa shape index (κ3) is 6.04. The fraction of sp³-hybridized carbons (Fsp3) is 0.188. The molecule has 7 nitrogen and oxygen atoms in total. The molecule has 0 saturated carbocycles. The summed E-state index contributed by atoms with van der Waals surface area (Å²) in [5.74, 6) is 0.280. The van der Waals surface area contributed by atoms with Gasteiger partial charge < -0.3 is 14.5 Å². The number of hydrazone groups is 1. The van der Waals surface area contributed by atoms with Crippen LogP contribution in [0.1, 0.15) is 11.3 Å². The van der Waals surface area contributed by atoms with Crippen molar-refractivity contribution in [3.05, 3.63) is 54.0 Å². The van der Waals surface area contributed by atoms with Crippen molar-refractivity contribution in [2.75, 3.05) is 13.2 Å². The molecule has 7 heteroatoms. The summed E-state index contributed by atoms with van der Waals surface area (Å²) in [6, 6.07) is 10.8. The Labute approximate surface area is 133 Å². The van der Waals surface area contributed by atoms with E-state index in [-0.39, 0.29) is 13.2 Å². The summed E-state index contributed by atoms with van der Waals surface area (Å²) in [7, 11) is 0. The molecule has 0 unspecified atom stereocenters. The quantitative estimate of drug-likeness (QED) is 0.594. The Morgan fingerprint density at radius 2 is 2.13 bits per heavy atom. The molecular weight excluding hydrogens is 298 g/mol. The molecule has 0 aliphatic heterocycles. The normalized spacial score (nSPS) is 10.5. The van der Waals surface area contributed by atoms with Crippen LogP contribution in [-0.2, 0) is 9.59 Å². The molecule has 1 heterocycles. The fourth-order valence-corrected chi connectivity index (χ4v) is 1.66. The van der Waals surface area contributed by atoms with Crippen molar-refractivity contribution < 1.29 is 18.7 Å². The Hall–Kier alpha value is -3.09. The number of carbonyl (C=O) groups is 2. The van der Waals surface area contributed by atoms with Gasteiger partial charge in [0.1, 0.15) is 11.5 Å². The lowest BCUT2D eigenvalue weighted by atomic mass is 10.2. The van der Waals surface area contributed by atoms with E-state index in [9.17, 15) is 9.59 Å². The molecule has 120 valence electrons. The lowest BCUT2D eigenvalue weighted by Crippen LogP contribution is -2.37. The molecule has 23 heavy (non-hydrogen) atoms. The van der Waals surface area contributed by atoms with Crippen LogP contribution in [0.3, 0.4) is 0 Å². The summed E-state index contributed by atoms with van der Waals surface area (Å²) in [5.41, 5.74) is 3.31. The number of nitrogens with zero attached hydrogens (tertiary/aromatic N) is 1. The van der Waals surface area contributed by atoms with E-state index in [0.29, 0.717) is 11.5 Å². The average molecular weight is 315 g/mol. The molecule has 0 fully saturated rings. The number of nitrogens with one attached hydrogen (secondary N) is 2. The van der Waals surface area contributed by atoms with Crippen molar-refractivity contribution >= 4 is 18.0 Å². The van der Waals surface area contributed by atoms with Crippen LogP contribution in [0.25, 0.3) is 0 Å². The average Bonchev–Trinajstić information content (AvgIpc) is 3.04. The van der Waals surface area contributed by atoms with Crippen LogP contribution >= 0.6 is 0 Å². The van der Waals surface area contributed by atoms with Crippen LogP contribution in [-0.4, -0.2) is 31.2 Å². The molecular formula is C16H17N3O4. The number of hydrogen-bond donors (Lipinski definition) is 2. The van der Waals surface area contributed by atoms with E-state index < -0.39 is 11.8 Å². The number of furan rings is 1. The maximum absolute atomic E-state index is 11.6. The SMILES string of the molecule is Cc1cccc(OCC(=O)NCC(=O)N/N=C\c2ccco2)c1. The maximum atomic E-state index is 11.6.